The van der Waals surface area contributed by atoms with Crippen LogP contribution in [0, 0.1) is 6.92 Å². The lowest BCUT2D eigenvalue weighted by atomic mass is 10.0. The summed E-state index contributed by atoms with van der Waals surface area (Å²) in [6.07, 6.45) is 2.56. The summed E-state index contributed by atoms with van der Waals surface area (Å²) in [6, 6.07) is 11.8. The van der Waals surface area contributed by atoms with E-state index in [4.69, 9.17) is 4.74 Å². The molecular formula is C25H33NO4S. The molecule has 1 atom stereocenters. The molecule has 1 aromatic heterocycles. The summed E-state index contributed by atoms with van der Waals surface area (Å²) in [5, 5.41) is 2.96. The first-order valence-corrected chi connectivity index (χ1v) is 11.7. The number of carbonyl (C=O) groups is 3. The van der Waals surface area contributed by atoms with Gasteiger partial charge < -0.3 is 10.1 Å². The lowest BCUT2D eigenvalue weighted by Crippen LogP contribution is -2.33. The summed E-state index contributed by atoms with van der Waals surface area (Å²) in [6.45, 7) is 7.91. The number of benzene rings is 1. The highest BCUT2D eigenvalue weighted by Gasteiger charge is 2.13. The highest BCUT2D eigenvalue weighted by Crippen LogP contribution is 2.18. The predicted molar refractivity (Wildman–Crippen MR) is 125 cm³/mol. The average molecular weight is 444 g/mol. The number of nitrogens with one attached hydrogen (secondary N) is 1. The van der Waals surface area contributed by atoms with Gasteiger partial charge in [0.1, 0.15) is 11.5 Å². The third-order valence-corrected chi connectivity index (χ3v) is 5.89. The number of hydrogen-bond donors (Lipinski definition) is 1. The maximum atomic E-state index is 12.1. The van der Waals surface area contributed by atoms with Gasteiger partial charge in [0.2, 0.25) is 5.91 Å². The minimum Gasteiger partial charge on any atom is -0.491 e. The monoisotopic (exact) mass is 443 g/mol. The van der Waals surface area contributed by atoms with Crippen molar-refractivity contribution in [1.82, 2.24) is 5.32 Å². The van der Waals surface area contributed by atoms with E-state index in [2.05, 4.69) is 5.32 Å². The van der Waals surface area contributed by atoms with E-state index in [0.29, 0.717) is 4.88 Å². The van der Waals surface area contributed by atoms with Gasteiger partial charge in [-0.25, -0.2) is 0 Å². The van der Waals surface area contributed by atoms with Crippen LogP contribution in [0.3, 0.4) is 0 Å². The van der Waals surface area contributed by atoms with Crippen LogP contribution in [0.25, 0.3) is 0 Å². The largest absolute Gasteiger partial charge is 0.491 e. The number of carbonyl (C=O) groups excluding carboxylic acids is 3. The molecule has 6 heteroatoms. The molecule has 0 aliphatic rings. The van der Waals surface area contributed by atoms with Crippen molar-refractivity contribution in [2.75, 3.05) is 0 Å². The van der Waals surface area contributed by atoms with Gasteiger partial charge >= 0.3 is 0 Å². The predicted octanol–water partition coefficient (Wildman–Crippen LogP) is 5.29. The second-order valence-corrected chi connectivity index (χ2v) is 9.48. The zero-order valence-corrected chi connectivity index (χ0v) is 19.7. The Hall–Kier alpha value is -2.47. The molecule has 1 aromatic carbocycles. The second kappa shape index (κ2) is 12.4. The van der Waals surface area contributed by atoms with E-state index < -0.39 is 0 Å². The van der Waals surface area contributed by atoms with Crippen LogP contribution in [0.2, 0.25) is 0 Å². The summed E-state index contributed by atoms with van der Waals surface area (Å²) in [5.41, 5.74) is 1.19. The molecule has 1 heterocycles. The standard InChI is InChI=1S/C25H33NO4S/c1-17(2)30-22-12-8-20(9-13-22)7-5-18(3)26-25(29)16-11-21(27)10-14-23(28)24-15-6-19(4)31-24/h6,8-9,12-13,15,17-18H,5,7,10-11,14,16H2,1-4H3,(H,26,29). The molecule has 0 spiro atoms. The fourth-order valence-corrected chi connectivity index (χ4v) is 3.98. The van der Waals surface area contributed by atoms with Crippen molar-refractivity contribution in [2.24, 2.45) is 0 Å². The summed E-state index contributed by atoms with van der Waals surface area (Å²) in [5.74, 6) is 0.681. The number of rotatable bonds is 13. The Kier molecular flexibility index (Phi) is 9.92. The van der Waals surface area contributed by atoms with Crippen LogP contribution in [-0.2, 0) is 16.0 Å². The normalized spacial score (nSPS) is 11.9. The summed E-state index contributed by atoms with van der Waals surface area (Å²) < 4.78 is 5.64. The maximum Gasteiger partial charge on any atom is 0.220 e. The summed E-state index contributed by atoms with van der Waals surface area (Å²) in [4.78, 5) is 38.0. The molecular weight excluding hydrogens is 410 g/mol. The van der Waals surface area contributed by atoms with Gasteiger partial charge in [0.15, 0.2) is 5.78 Å². The summed E-state index contributed by atoms with van der Waals surface area (Å²) >= 11 is 1.45. The molecule has 2 rings (SSSR count). The topological polar surface area (TPSA) is 72.5 Å². The minimum atomic E-state index is -0.123. The van der Waals surface area contributed by atoms with E-state index in [1.165, 1.54) is 16.9 Å². The first kappa shape index (κ1) is 24.8. The van der Waals surface area contributed by atoms with Gasteiger partial charge in [0.25, 0.3) is 0 Å². The van der Waals surface area contributed by atoms with Crippen LogP contribution in [0.1, 0.15) is 73.0 Å². The number of aryl methyl sites for hydroxylation is 2. The Bertz CT molecular complexity index is 870. The van der Waals surface area contributed by atoms with Crippen molar-refractivity contribution in [3.63, 3.8) is 0 Å². The fraction of sp³-hybridized carbons (Fsp3) is 0.480. The third kappa shape index (κ3) is 9.47. The van der Waals surface area contributed by atoms with Gasteiger partial charge in [-0.3, -0.25) is 14.4 Å². The second-order valence-electron chi connectivity index (χ2n) is 8.19. The Morgan fingerprint density at radius 3 is 2.23 bits per heavy atom. The van der Waals surface area contributed by atoms with Gasteiger partial charge in [-0.15, -0.1) is 11.3 Å². The maximum absolute atomic E-state index is 12.1. The molecule has 0 aliphatic heterocycles. The van der Waals surface area contributed by atoms with Crippen molar-refractivity contribution in [2.45, 2.75) is 78.4 Å². The molecule has 1 N–H and O–H groups in total. The van der Waals surface area contributed by atoms with E-state index in [1.54, 1.807) is 6.07 Å². The molecule has 31 heavy (non-hydrogen) atoms. The zero-order valence-electron chi connectivity index (χ0n) is 18.9. The molecule has 1 amide bonds. The zero-order chi connectivity index (χ0) is 22.8. The van der Waals surface area contributed by atoms with Crippen LogP contribution < -0.4 is 10.1 Å². The molecule has 0 radical (unpaired) electrons. The lowest BCUT2D eigenvalue weighted by Gasteiger charge is -2.14. The number of ether oxygens (including phenoxy) is 1. The molecule has 5 nitrogen and oxygen atoms in total. The van der Waals surface area contributed by atoms with Crippen LogP contribution in [0.4, 0.5) is 0 Å². The van der Waals surface area contributed by atoms with Gasteiger partial charge in [0.05, 0.1) is 11.0 Å². The molecule has 0 aliphatic carbocycles. The molecule has 0 saturated carbocycles. The number of thiophene rings is 1. The Morgan fingerprint density at radius 2 is 1.61 bits per heavy atom. The van der Waals surface area contributed by atoms with Crippen LogP contribution >= 0.6 is 11.3 Å². The SMILES string of the molecule is Cc1ccc(C(=O)CCC(=O)CCC(=O)NC(C)CCc2ccc(OC(C)C)cc2)s1. The number of hydrogen-bond acceptors (Lipinski definition) is 5. The van der Waals surface area contributed by atoms with E-state index in [9.17, 15) is 14.4 Å². The van der Waals surface area contributed by atoms with Crippen LogP contribution in [0.15, 0.2) is 36.4 Å². The van der Waals surface area contributed by atoms with Gasteiger partial charge in [-0.1, -0.05) is 12.1 Å². The van der Waals surface area contributed by atoms with E-state index in [0.717, 1.165) is 23.5 Å². The molecule has 1 unspecified atom stereocenters. The first-order chi connectivity index (χ1) is 14.7. The smallest absolute Gasteiger partial charge is 0.220 e. The van der Waals surface area contributed by atoms with Crippen molar-refractivity contribution in [3.05, 3.63) is 51.7 Å². The van der Waals surface area contributed by atoms with E-state index in [-0.39, 0.29) is 55.3 Å². The van der Waals surface area contributed by atoms with E-state index >= 15 is 0 Å². The van der Waals surface area contributed by atoms with Gasteiger partial charge in [-0.05, 0) is 70.4 Å². The highest BCUT2D eigenvalue weighted by molar-refractivity contribution is 7.14. The number of amides is 1. The Balaban J connectivity index is 1.62. The Labute approximate surface area is 189 Å². The molecule has 0 fully saturated rings. The highest BCUT2D eigenvalue weighted by atomic mass is 32.1. The number of Topliss-reactive ketones (excluding diaryl/α,β-unsaturated/α-hetero) is 2. The van der Waals surface area contributed by atoms with Crippen molar-refractivity contribution in [1.29, 1.82) is 0 Å². The van der Waals surface area contributed by atoms with Crippen molar-refractivity contribution in [3.8, 4) is 5.75 Å². The van der Waals surface area contributed by atoms with Gasteiger partial charge in [-0.2, -0.15) is 0 Å². The van der Waals surface area contributed by atoms with Crippen molar-refractivity contribution >= 4 is 28.8 Å². The molecule has 168 valence electrons. The Morgan fingerprint density at radius 1 is 0.935 bits per heavy atom. The molecule has 2 aromatic rings. The van der Waals surface area contributed by atoms with E-state index in [1.807, 2.05) is 58.0 Å². The first-order valence-electron chi connectivity index (χ1n) is 10.9. The molecule has 0 bridgehead atoms. The molecule has 0 saturated heterocycles. The number of ketones is 2. The average Bonchev–Trinajstić information content (AvgIpc) is 3.16. The fourth-order valence-electron chi connectivity index (χ4n) is 3.15. The minimum absolute atomic E-state index is 0.00618. The summed E-state index contributed by atoms with van der Waals surface area (Å²) in [7, 11) is 0. The van der Waals surface area contributed by atoms with Crippen LogP contribution in [-0.4, -0.2) is 29.6 Å². The van der Waals surface area contributed by atoms with Crippen molar-refractivity contribution < 1.29 is 19.1 Å². The quantitative estimate of drug-likeness (QED) is 0.427. The third-order valence-electron chi connectivity index (χ3n) is 4.85. The van der Waals surface area contributed by atoms with Crippen LogP contribution in [0.5, 0.6) is 5.75 Å². The van der Waals surface area contributed by atoms with Gasteiger partial charge in [0, 0.05) is 36.6 Å². The lowest BCUT2D eigenvalue weighted by molar-refractivity contribution is -0.125.